The molecule has 0 spiro atoms. The quantitative estimate of drug-likeness (QED) is 0.218. The molecule has 3 amide bonds. The molecule has 1 N–H and O–H groups in total. The van der Waals surface area contributed by atoms with Crippen LogP contribution in [0.3, 0.4) is 0 Å². The zero-order chi connectivity index (χ0) is 38.9. The van der Waals surface area contributed by atoms with Crippen LogP contribution in [-0.4, -0.2) is 71.9 Å². The first-order valence-electron chi connectivity index (χ1n) is 16.5. The summed E-state index contributed by atoms with van der Waals surface area (Å²) in [6.07, 6.45) is -7.89. The third kappa shape index (κ3) is 8.91. The molecule has 1 aromatic carbocycles. The molecule has 0 saturated carbocycles. The second kappa shape index (κ2) is 15.5. The maximum atomic E-state index is 15.3. The molecule has 2 aromatic heterocycles. The number of fused-ring (bicyclic) bond motifs is 1. The maximum absolute atomic E-state index is 15.3. The van der Waals surface area contributed by atoms with Crippen LogP contribution in [-0.2, 0) is 38.4 Å². The number of aromatic nitrogens is 1. The monoisotopic (exact) mass is 808 g/mol. The molecule has 5 rings (SSSR count). The van der Waals surface area contributed by atoms with E-state index in [1.807, 2.05) is 4.72 Å². The lowest BCUT2D eigenvalue weighted by Crippen LogP contribution is -2.68. The molecular formula is C34H35ClF6N4O6S2. The van der Waals surface area contributed by atoms with Gasteiger partial charge in [0, 0.05) is 48.6 Å². The number of alkyl halides is 6. The number of pyridine rings is 1. The van der Waals surface area contributed by atoms with E-state index in [9.17, 15) is 44.3 Å². The molecule has 3 aromatic rings. The number of sulfonamides is 1. The summed E-state index contributed by atoms with van der Waals surface area (Å²) in [5.41, 5.74) is -3.01. The number of hydrogen-bond acceptors (Lipinski definition) is 8. The lowest BCUT2D eigenvalue weighted by molar-refractivity contribution is -0.163. The predicted octanol–water partition coefficient (Wildman–Crippen LogP) is 7.04. The minimum absolute atomic E-state index is 0.00165. The molecule has 288 valence electrons. The van der Waals surface area contributed by atoms with Gasteiger partial charge in [0.05, 0.1) is 23.9 Å². The number of nitrogens with zero attached hydrogens (tertiary/aromatic N) is 3. The second-order valence-electron chi connectivity index (χ2n) is 12.9. The van der Waals surface area contributed by atoms with Gasteiger partial charge in [-0.1, -0.05) is 31.0 Å². The van der Waals surface area contributed by atoms with Gasteiger partial charge in [-0.25, -0.2) is 8.42 Å². The maximum Gasteiger partial charge on any atom is 0.425 e. The number of benzene rings is 1. The predicted molar refractivity (Wildman–Crippen MR) is 183 cm³/mol. The van der Waals surface area contributed by atoms with Crippen molar-refractivity contribution in [1.29, 1.82) is 0 Å². The van der Waals surface area contributed by atoms with E-state index >= 15 is 4.79 Å². The van der Waals surface area contributed by atoms with Crippen molar-refractivity contribution in [3.8, 4) is 5.75 Å². The van der Waals surface area contributed by atoms with Crippen molar-refractivity contribution >= 4 is 50.7 Å². The highest BCUT2D eigenvalue weighted by atomic mass is 35.5. The van der Waals surface area contributed by atoms with Crippen LogP contribution in [0.25, 0.3) is 0 Å². The molecule has 10 nitrogen and oxygen atoms in total. The van der Waals surface area contributed by atoms with Gasteiger partial charge < -0.3 is 14.5 Å². The minimum Gasteiger partial charge on any atom is -0.474 e. The molecule has 53 heavy (non-hydrogen) atoms. The van der Waals surface area contributed by atoms with Crippen molar-refractivity contribution in [1.82, 2.24) is 19.5 Å². The molecule has 4 heterocycles. The van der Waals surface area contributed by atoms with Crippen molar-refractivity contribution in [2.75, 3.05) is 19.3 Å². The van der Waals surface area contributed by atoms with Crippen LogP contribution in [0.4, 0.5) is 26.3 Å². The fourth-order valence-electron chi connectivity index (χ4n) is 7.08. The Bertz CT molecular complexity index is 1970. The normalized spacial score (nSPS) is 20.8. The van der Waals surface area contributed by atoms with Gasteiger partial charge >= 0.3 is 12.4 Å². The number of ether oxygens (including phenoxy) is 1. The fourth-order valence-corrected chi connectivity index (χ4v) is 8.47. The van der Waals surface area contributed by atoms with Crippen molar-refractivity contribution in [3.05, 3.63) is 80.3 Å². The van der Waals surface area contributed by atoms with Crippen LogP contribution in [0.1, 0.15) is 83.5 Å². The molecule has 1 unspecified atom stereocenters. The summed E-state index contributed by atoms with van der Waals surface area (Å²) in [7, 11) is -3.92. The zero-order valence-electron chi connectivity index (χ0n) is 28.4. The van der Waals surface area contributed by atoms with Gasteiger partial charge in [0.15, 0.2) is 0 Å². The number of piperidine rings is 1. The van der Waals surface area contributed by atoms with Crippen molar-refractivity contribution < 1.29 is 53.9 Å². The summed E-state index contributed by atoms with van der Waals surface area (Å²) < 4.78 is 115. The topological polar surface area (TPSA) is 126 Å². The average molecular weight is 809 g/mol. The standard InChI is InChI=1S/C34H35ClF6N4O6S2/c1-3-6-26-32(51-22-18-27(52-19-22)34(39,40)41,13-5-15-45(26)30(47)29-24(33(36,37)38)7-4-14-42-29)31(48)44-16-12-20-17-21(35)8-9-23(20)25(44)10-11-28(46)43-53(2,49)50/h4,7-9,14,17-19,25-26H,3,5-6,10-13,15-16H2,1-2H3,(H,43,46)/t25?,26-,32+/m1/s1. The van der Waals surface area contributed by atoms with E-state index in [1.165, 1.54) is 4.90 Å². The van der Waals surface area contributed by atoms with Crippen molar-refractivity contribution in [3.63, 3.8) is 0 Å². The van der Waals surface area contributed by atoms with E-state index in [0.29, 0.717) is 28.0 Å². The number of rotatable bonds is 10. The number of halogens is 7. The number of carbonyl (C=O) groups excluding carboxylic acids is 3. The molecule has 3 atom stereocenters. The molecule has 2 aliphatic heterocycles. The summed E-state index contributed by atoms with van der Waals surface area (Å²) in [4.78, 5) is 47.3. The molecule has 19 heteroatoms. The summed E-state index contributed by atoms with van der Waals surface area (Å²) in [5.74, 6) is -3.07. The van der Waals surface area contributed by atoms with Crippen LogP contribution < -0.4 is 9.46 Å². The highest BCUT2D eigenvalue weighted by Crippen LogP contribution is 2.45. The number of nitrogens with one attached hydrogen (secondary N) is 1. The fraction of sp³-hybridized carbons (Fsp3) is 0.471. The highest BCUT2D eigenvalue weighted by molar-refractivity contribution is 7.89. The van der Waals surface area contributed by atoms with Crippen LogP contribution >= 0.6 is 22.9 Å². The van der Waals surface area contributed by atoms with Gasteiger partial charge in [0.1, 0.15) is 16.3 Å². The lowest BCUT2D eigenvalue weighted by atomic mass is 9.78. The number of likely N-dealkylation sites (tertiary alicyclic amines) is 1. The first-order valence-corrected chi connectivity index (χ1v) is 19.7. The Morgan fingerprint density at radius 3 is 2.43 bits per heavy atom. The van der Waals surface area contributed by atoms with Crippen LogP contribution in [0.2, 0.25) is 5.02 Å². The summed E-state index contributed by atoms with van der Waals surface area (Å²) >= 11 is 6.58. The van der Waals surface area contributed by atoms with Crippen LogP contribution in [0.5, 0.6) is 5.75 Å². The van der Waals surface area contributed by atoms with Crippen molar-refractivity contribution in [2.45, 2.75) is 81.9 Å². The molecule has 0 radical (unpaired) electrons. The minimum atomic E-state index is -4.95. The Morgan fingerprint density at radius 1 is 1.06 bits per heavy atom. The molecule has 2 aliphatic rings. The van der Waals surface area contributed by atoms with E-state index in [1.54, 1.807) is 25.1 Å². The van der Waals surface area contributed by atoms with Gasteiger partial charge in [-0.15, -0.1) is 11.3 Å². The van der Waals surface area contributed by atoms with Gasteiger partial charge in [-0.3, -0.25) is 24.1 Å². The average Bonchev–Trinajstić information content (AvgIpc) is 3.55. The van der Waals surface area contributed by atoms with Crippen LogP contribution in [0.15, 0.2) is 48.0 Å². The van der Waals surface area contributed by atoms with Crippen molar-refractivity contribution in [2.24, 2.45) is 0 Å². The van der Waals surface area contributed by atoms with Gasteiger partial charge in [0.2, 0.25) is 21.5 Å². The number of hydrogen-bond donors (Lipinski definition) is 1. The Morgan fingerprint density at radius 2 is 1.79 bits per heavy atom. The molecule has 0 bridgehead atoms. The number of amides is 3. The van der Waals surface area contributed by atoms with Gasteiger partial charge in [0.25, 0.3) is 11.8 Å². The zero-order valence-corrected chi connectivity index (χ0v) is 30.8. The Labute approximate surface area is 310 Å². The van der Waals surface area contributed by atoms with E-state index < -0.39 is 73.9 Å². The summed E-state index contributed by atoms with van der Waals surface area (Å²) in [5, 5.41) is 1.47. The number of carbonyl (C=O) groups is 3. The second-order valence-corrected chi connectivity index (χ2v) is 16.0. The Balaban J connectivity index is 1.63. The third-order valence-electron chi connectivity index (χ3n) is 9.18. The first kappa shape index (κ1) is 40.3. The number of thiophene rings is 1. The van der Waals surface area contributed by atoms with Gasteiger partial charge in [-0.05, 0) is 61.1 Å². The SMILES string of the molecule is CCC[C@H]1N(C(=O)c2ncccc2C(F)(F)F)CCC[C@@]1(Oc1csc(C(F)(F)F)c1)C(=O)N1CCc2cc(Cl)ccc2C1CCC(=O)NS(C)(=O)=O. The van der Waals surface area contributed by atoms with E-state index in [0.717, 1.165) is 40.4 Å². The summed E-state index contributed by atoms with van der Waals surface area (Å²) in [6, 6.07) is 5.19. The smallest absolute Gasteiger partial charge is 0.425 e. The molecular weight excluding hydrogens is 774 g/mol. The van der Waals surface area contributed by atoms with Gasteiger partial charge in [-0.2, -0.15) is 26.3 Å². The Kier molecular flexibility index (Phi) is 11.7. The van der Waals surface area contributed by atoms with E-state index in [-0.39, 0.29) is 63.8 Å². The third-order valence-corrected chi connectivity index (χ3v) is 11.0. The van der Waals surface area contributed by atoms with E-state index in [2.05, 4.69) is 4.98 Å². The van der Waals surface area contributed by atoms with E-state index in [4.69, 9.17) is 16.3 Å². The Hall–Kier alpha value is -3.90. The molecule has 1 fully saturated rings. The highest BCUT2D eigenvalue weighted by Gasteiger charge is 2.57. The first-order chi connectivity index (χ1) is 24.7. The summed E-state index contributed by atoms with van der Waals surface area (Å²) in [6.45, 7) is 1.60. The largest absolute Gasteiger partial charge is 0.474 e. The molecule has 1 saturated heterocycles. The molecule has 0 aliphatic carbocycles. The lowest BCUT2D eigenvalue weighted by Gasteiger charge is -2.51. The van der Waals surface area contributed by atoms with Crippen LogP contribution in [0, 0.1) is 0 Å².